The number of hydrogen-bond acceptors (Lipinski definition) is 3. The van der Waals surface area contributed by atoms with E-state index in [2.05, 4.69) is 57.3 Å². The first-order valence-corrected chi connectivity index (χ1v) is 10.6. The van der Waals surface area contributed by atoms with Gasteiger partial charge in [0.05, 0.1) is 6.04 Å². The Morgan fingerprint density at radius 2 is 1.86 bits per heavy atom. The molecule has 4 rings (SSSR count). The van der Waals surface area contributed by atoms with E-state index in [0.29, 0.717) is 12.3 Å². The number of rotatable bonds is 5. The third kappa shape index (κ3) is 3.87. The summed E-state index contributed by atoms with van der Waals surface area (Å²) in [7, 11) is 0. The van der Waals surface area contributed by atoms with Crippen molar-refractivity contribution in [3.8, 4) is 0 Å². The summed E-state index contributed by atoms with van der Waals surface area (Å²) in [4.78, 5) is 15.4. The summed E-state index contributed by atoms with van der Waals surface area (Å²) in [5.74, 6) is 0.248. The summed E-state index contributed by atoms with van der Waals surface area (Å²) in [5.41, 5.74) is 4.11. The van der Waals surface area contributed by atoms with Crippen LogP contribution >= 0.6 is 15.9 Å². The molecule has 1 saturated heterocycles. The Labute approximate surface area is 174 Å². The second-order valence-electron chi connectivity index (χ2n) is 7.58. The van der Waals surface area contributed by atoms with Crippen LogP contribution < -0.4 is 5.32 Å². The molecule has 146 valence electrons. The van der Waals surface area contributed by atoms with Gasteiger partial charge in [-0.1, -0.05) is 45.8 Å². The molecule has 0 saturated carbocycles. The van der Waals surface area contributed by atoms with Crippen molar-refractivity contribution in [2.45, 2.75) is 32.7 Å². The highest BCUT2D eigenvalue weighted by atomic mass is 79.9. The van der Waals surface area contributed by atoms with Crippen molar-refractivity contribution in [3.63, 3.8) is 0 Å². The molecule has 0 radical (unpaired) electrons. The van der Waals surface area contributed by atoms with Crippen LogP contribution in [0.3, 0.4) is 0 Å². The van der Waals surface area contributed by atoms with Gasteiger partial charge >= 0.3 is 0 Å². The van der Waals surface area contributed by atoms with E-state index in [1.54, 1.807) is 0 Å². The number of nitrogens with zero attached hydrogens (tertiary/aromatic N) is 1. The van der Waals surface area contributed by atoms with Crippen LogP contribution in [0.5, 0.6) is 0 Å². The lowest BCUT2D eigenvalue weighted by atomic mass is 10.0. The van der Waals surface area contributed by atoms with E-state index in [1.165, 1.54) is 24.0 Å². The van der Waals surface area contributed by atoms with Crippen LogP contribution in [0.1, 0.15) is 46.1 Å². The van der Waals surface area contributed by atoms with Gasteiger partial charge in [-0.15, -0.1) is 0 Å². The molecule has 1 N–H and O–H groups in total. The van der Waals surface area contributed by atoms with Gasteiger partial charge < -0.3 is 9.73 Å². The standard InChI is InChI=1S/C23H25BrN2O2/c1-15-5-7-17(8-6-15)20(26-11-3-4-12-26)14-25-23(27)22-16(2)19-13-18(24)9-10-21(19)28-22/h5-10,13,20H,3-4,11-12,14H2,1-2H3,(H,25,27)/t20-/m0/s1. The summed E-state index contributed by atoms with van der Waals surface area (Å²) in [6.45, 7) is 6.75. The molecule has 1 atom stereocenters. The predicted octanol–water partition coefficient (Wildman–Crippen LogP) is 5.38. The first-order valence-electron chi connectivity index (χ1n) is 9.80. The first kappa shape index (κ1) is 19.2. The Hall–Kier alpha value is -2.11. The van der Waals surface area contributed by atoms with Crippen molar-refractivity contribution in [1.82, 2.24) is 10.2 Å². The normalized spacial score (nSPS) is 15.8. The van der Waals surface area contributed by atoms with Gasteiger partial charge in [0, 0.05) is 22.0 Å². The van der Waals surface area contributed by atoms with Crippen molar-refractivity contribution < 1.29 is 9.21 Å². The molecule has 0 bridgehead atoms. The van der Waals surface area contributed by atoms with Gasteiger partial charge in [-0.3, -0.25) is 9.69 Å². The highest BCUT2D eigenvalue weighted by molar-refractivity contribution is 9.10. The Kier molecular flexibility index (Phi) is 5.56. The smallest absolute Gasteiger partial charge is 0.287 e. The van der Waals surface area contributed by atoms with E-state index in [0.717, 1.165) is 34.1 Å². The Morgan fingerprint density at radius 1 is 1.14 bits per heavy atom. The van der Waals surface area contributed by atoms with Gasteiger partial charge in [-0.2, -0.15) is 0 Å². The average molecular weight is 441 g/mol. The van der Waals surface area contributed by atoms with Gasteiger partial charge in [-0.05, 0) is 63.5 Å². The number of furan rings is 1. The molecule has 4 nitrogen and oxygen atoms in total. The number of likely N-dealkylation sites (tertiary alicyclic amines) is 1. The van der Waals surface area contributed by atoms with Crippen LogP contribution in [0.25, 0.3) is 11.0 Å². The maximum absolute atomic E-state index is 12.9. The van der Waals surface area contributed by atoms with Crippen LogP contribution in [-0.2, 0) is 0 Å². The largest absolute Gasteiger partial charge is 0.451 e. The second-order valence-corrected chi connectivity index (χ2v) is 8.49. The first-order chi connectivity index (χ1) is 13.5. The third-order valence-corrected chi connectivity index (χ3v) is 6.10. The zero-order chi connectivity index (χ0) is 19.7. The van der Waals surface area contributed by atoms with Gasteiger partial charge in [0.25, 0.3) is 5.91 Å². The molecule has 3 aromatic rings. The van der Waals surface area contributed by atoms with Crippen LogP contribution in [-0.4, -0.2) is 30.4 Å². The summed E-state index contributed by atoms with van der Waals surface area (Å²) in [6.07, 6.45) is 2.43. The topological polar surface area (TPSA) is 45.5 Å². The second kappa shape index (κ2) is 8.10. The summed E-state index contributed by atoms with van der Waals surface area (Å²) in [6, 6.07) is 14.6. The lowest BCUT2D eigenvalue weighted by Gasteiger charge is -2.28. The van der Waals surface area contributed by atoms with Gasteiger partial charge in [0.15, 0.2) is 5.76 Å². The molecule has 1 fully saturated rings. The molecule has 1 aromatic heterocycles. The zero-order valence-corrected chi connectivity index (χ0v) is 17.9. The van der Waals surface area contributed by atoms with Gasteiger partial charge in [-0.25, -0.2) is 0 Å². The maximum Gasteiger partial charge on any atom is 0.287 e. The Bertz CT molecular complexity index is 988. The van der Waals surface area contributed by atoms with Crippen LogP contribution in [0.2, 0.25) is 0 Å². The molecule has 1 aliphatic rings. The molecule has 0 aliphatic carbocycles. The molecular weight excluding hydrogens is 416 g/mol. The van der Waals surface area contributed by atoms with Crippen molar-refractivity contribution in [3.05, 3.63) is 69.4 Å². The molecule has 0 unspecified atom stereocenters. The molecule has 5 heteroatoms. The number of halogens is 1. The van der Waals surface area contributed by atoms with Gasteiger partial charge in [0.2, 0.25) is 0 Å². The van der Waals surface area contributed by atoms with Crippen molar-refractivity contribution in [1.29, 1.82) is 0 Å². The van der Waals surface area contributed by atoms with Crippen molar-refractivity contribution >= 4 is 32.8 Å². The molecule has 1 amide bonds. The monoisotopic (exact) mass is 440 g/mol. The van der Waals surface area contributed by atoms with Crippen molar-refractivity contribution in [2.24, 2.45) is 0 Å². The van der Waals surface area contributed by atoms with Crippen LogP contribution in [0, 0.1) is 13.8 Å². The molecule has 2 aromatic carbocycles. The molecule has 2 heterocycles. The fraction of sp³-hybridized carbons (Fsp3) is 0.348. The lowest BCUT2D eigenvalue weighted by molar-refractivity contribution is 0.0911. The van der Waals surface area contributed by atoms with Crippen molar-refractivity contribution in [2.75, 3.05) is 19.6 Å². The maximum atomic E-state index is 12.9. The van der Waals surface area contributed by atoms with E-state index < -0.39 is 0 Å². The number of nitrogens with one attached hydrogen (secondary N) is 1. The van der Waals surface area contributed by atoms with E-state index in [9.17, 15) is 4.79 Å². The Morgan fingerprint density at radius 3 is 2.57 bits per heavy atom. The van der Waals surface area contributed by atoms with Crippen LogP contribution in [0.4, 0.5) is 0 Å². The number of benzene rings is 2. The highest BCUT2D eigenvalue weighted by Gasteiger charge is 2.25. The third-order valence-electron chi connectivity index (χ3n) is 5.60. The minimum atomic E-state index is -0.152. The predicted molar refractivity (Wildman–Crippen MR) is 116 cm³/mol. The number of fused-ring (bicyclic) bond motifs is 1. The minimum Gasteiger partial charge on any atom is -0.451 e. The number of amides is 1. The number of carbonyl (C=O) groups is 1. The fourth-order valence-corrected chi connectivity index (χ4v) is 4.34. The average Bonchev–Trinajstić information content (AvgIpc) is 3.32. The summed E-state index contributed by atoms with van der Waals surface area (Å²) in [5, 5.41) is 4.09. The quantitative estimate of drug-likeness (QED) is 0.579. The van der Waals surface area contributed by atoms with E-state index in [4.69, 9.17) is 4.42 Å². The zero-order valence-electron chi connectivity index (χ0n) is 16.3. The minimum absolute atomic E-state index is 0.152. The SMILES string of the molecule is Cc1ccc([C@H](CNC(=O)c2oc3ccc(Br)cc3c2C)N2CCCC2)cc1. The number of aryl methyl sites for hydroxylation is 2. The number of hydrogen-bond donors (Lipinski definition) is 1. The van der Waals surface area contributed by atoms with E-state index >= 15 is 0 Å². The van der Waals surface area contributed by atoms with E-state index in [1.807, 2.05) is 25.1 Å². The van der Waals surface area contributed by atoms with Gasteiger partial charge in [0.1, 0.15) is 5.58 Å². The lowest BCUT2D eigenvalue weighted by Crippen LogP contribution is -2.36. The fourth-order valence-electron chi connectivity index (χ4n) is 3.98. The van der Waals surface area contributed by atoms with E-state index in [-0.39, 0.29) is 11.9 Å². The molecule has 28 heavy (non-hydrogen) atoms. The summed E-state index contributed by atoms with van der Waals surface area (Å²) >= 11 is 3.48. The number of carbonyl (C=O) groups excluding carboxylic acids is 1. The van der Waals surface area contributed by atoms with Crippen LogP contribution in [0.15, 0.2) is 51.4 Å². The molecule has 0 spiro atoms. The Balaban J connectivity index is 1.54. The molecular formula is C23H25BrN2O2. The summed E-state index contributed by atoms with van der Waals surface area (Å²) < 4.78 is 6.82. The highest BCUT2D eigenvalue weighted by Crippen LogP contribution is 2.29. The molecule has 1 aliphatic heterocycles.